The van der Waals surface area contributed by atoms with Gasteiger partial charge in [-0.3, -0.25) is 4.79 Å². The smallest absolute Gasteiger partial charge is 0.220 e. The van der Waals surface area contributed by atoms with Crippen LogP contribution in [0.2, 0.25) is 0 Å². The molecule has 14 nitrogen and oxygen atoms in total. The van der Waals surface area contributed by atoms with Gasteiger partial charge in [0.25, 0.3) is 0 Å². The SMILES string of the molecule is CC/C=C\C/C=C\C/C=C\C/C=C\C/C=C\CCCCCCCC(=O)NC(COC1OC(CO)C(OC2OC(CO)C(O)C(O)C2O)C(O)C1O)C(O)CCCCCCCCCCCCCCCCCC. The van der Waals surface area contributed by atoms with Crippen LogP contribution in [-0.2, 0) is 23.7 Å². The maximum Gasteiger partial charge on any atom is 0.220 e. The van der Waals surface area contributed by atoms with Gasteiger partial charge in [-0.15, -0.1) is 0 Å². The van der Waals surface area contributed by atoms with Crippen molar-refractivity contribution in [3.05, 3.63) is 60.8 Å². The van der Waals surface area contributed by atoms with Gasteiger partial charge in [-0.25, -0.2) is 0 Å². The minimum absolute atomic E-state index is 0.227. The van der Waals surface area contributed by atoms with E-state index in [1.807, 2.05) is 0 Å². The molecule has 0 aromatic rings. The summed E-state index contributed by atoms with van der Waals surface area (Å²) in [4.78, 5) is 13.2. The summed E-state index contributed by atoms with van der Waals surface area (Å²) in [6.45, 7) is 2.73. The first kappa shape index (κ1) is 64.8. The second-order valence-corrected chi connectivity index (χ2v) is 19.7. The molecule has 0 spiro atoms. The Kier molecular flexibility index (Phi) is 39.2. The Morgan fingerprint density at radius 3 is 1.49 bits per heavy atom. The molecule has 0 aromatic heterocycles. The normalized spacial score (nSPS) is 26.2. The Morgan fingerprint density at radius 2 is 0.972 bits per heavy atom. The molecule has 2 fully saturated rings. The molecule has 2 saturated heterocycles. The molecule has 0 bridgehead atoms. The van der Waals surface area contributed by atoms with Gasteiger partial charge in [0, 0.05) is 6.42 Å². The zero-order valence-corrected chi connectivity index (χ0v) is 43.9. The maximum absolute atomic E-state index is 13.2. The van der Waals surface area contributed by atoms with Gasteiger partial charge < -0.3 is 65.1 Å². The van der Waals surface area contributed by atoms with Crippen molar-refractivity contribution in [2.24, 2.45) is 0 Å². The van der Waals surface area contributed by atoms with Gasteiger partial charge in [0.1, 0.15) is 48.8 Å². The summed E-state index contributed by atoms with van der Waals surface area (Å²) in [5.74, 6) is -0.227. The van der Waals surface area contributed by atoms with Gasteiger partial charge in [0.2, 0.25) is 5.91 Å². The topological polar surface area (TPSA) is 228 Å². The monoisotopic (exact) mass is 1010 g/mol. The maximum atomic E-state index is 13.2. The highest BCUT2D eigenvalue weighted by Gasteiger charge is 2.51. The van der Waals surface area contributed by atoms with E-state index in [9.17, 15) is 45.6 Å². The first-order valence-electron chi connectivity index (χ1n) is 28.0. The summed E-state index contributed by atoms with van der Waals surface area (Å²) in [6, 6.07) is -0.842. The highest BCUT2D eigenvalue weighted by Crippen LogP contribution is 2.30. The van der Waals surface area contributed by atoms with Gasteiger partial charge in [0.15, 0.2) is 12.6 Å². The van der Waals surface area contributed by atoms with E-state index in [-0.39, 0.29) is 18.9 Å². The van der Waals surface area contributed by atoms with Gasteiger partial charge in [0.05, 0.1) is 32.0 Å². The number of nitrogens with one attached hydrogen (secondary N) is 1. The molecule has 1 amide bonds. The van der Waals surface area contributed by atoms with E-state index in [1.54, 1.807) is 0 Å². The number of amides is 1. The molecule has 412 valence electrons. The van der Waals surface area contributed by atoms with Crippen LogP contribution in [-0.4, -0.2) is 140 Å². The van der Waals surface area contributed by atoms with E-state index in [0.717, 1.165) is 89.9 Å². The van der Waals surface area contributed by atoms with Crippen LogP contribution in [0.3, 0.4) is 0 Å². The van der Waals surface area contributed by atoms with E-state index >= 15 is 0 Å². The van der Waals surface area contributed by atoms with Crippen LogP contribution in [0.1, 0.15) is 200 Å². The van der Waals surface area contributed by atoms with E-state index in [1.165, 1.54) is 77.0 Å². The number of hydrogen-bond donors (Lipinski definition) is 9. The molecule has 12 atom stereocenters. The molecule has 12 unspecified atom stereocenters. The Bertz CT molecular complexity index is 1420. The lowest BCUT2D eigenvalue weighted by atomic mass is 9.97. The van der Waals surface area contributed by atoms with Crippen molar-refractivity contribution in [2.75, 3.05) is 19.8 Å². The Morgan fingerprint density at radius 1 is 0.521 bits per heavy atom. The fraction of sp³-hybridized carbons (Fsp3) is 0.807. The molecule has 0 aromatic carbocycles. The van der Waals surface area contributed by atoms with Crippen molar-refractivity contribution >= 4 is 5.91 Å². The Labute approximate surface area is 428 Å². The van der Waals surface area contributed by atoms with E-state index in [0.29, 0.717) is 12.8 Å². The molecule has 14 heteroatoms. The van der Waals surface area contributed by atoms with Crippen LogP contribution in [0.4, 0.5) is 0 Å². The third kappa shape index (κ3) is 29.4. The van der Waals surface area contributed by atoms with Crippen LogP contribution < -0.4 is 5.32 Å². The number of rotatable bonds is 43. The van der Waals surface area contributed by atoms with Crippen molar-refractivity contribution in [1.29, 1.82) is 0 Å². The predicted octanol–water partition coefficient (Wildman–Crippen LogP) is 8.61. The van der Waals surface area contributed by atoms with Crippen molar-refractivity contribution < 1.29 is 64.6 Å². The van der Waals surface area contributed by atoms with Crippen LogP contribution >= 0.6 is 0 Å². The minimum atomic E-state index is -1.79. The first-order valence-corrected chi connectivity index (χ1v) is 28.0. The molecule has 0 saturated carbocycles. The molecular weight excluding hydrogens is 907 g/mol. The molecule has 0 radical (unpaired) electrons. The number of carbonyl (C=O) groups is 1. The Hall–Kier alpha value is -2.31. The number of ether oxygens (including phenoxy) is 4. The second kappa shape index (κ2) is 43.0. The van der Waals surface area contributed by atoms with Gasteiger partial charge in [-0.05, 0) is 57.8 Å². The van der Waals surface area contributed by atoms with Crippen molar-refractivity contribution in [3.8, 4) is 0 Å². The number of hydrogen-bond acceptors (Lipinski definition) is 13. The summed E-state index contributed by atoms with van der Waals surface area (Å²) < 4.78 is 22.8. The molecule has 2 aliphatic rings. The average molecular weight is 1010 g/mol. The molecule has 0 aliphatic carbocycles. The first-order chi connectivity index (χ1) is 34.6. The molecule has 2 rings (SSSR count). The average Bonchev–Trinajstić information content (AvgIpc) is 3.37. The zero-order chi connectivity index (χ0) is 51.7. The molecule has 9 N–H and O–H groups in total. The highest BCUT2D eigenvalue weighted by atomic mass is 16.7. The third-order valence-electron chi connectivity index (χ3n) is 13.5. The van der Waals surface area contributed by atoms with Crippen molar-refractivity contribution in [3.63, 3.8) is 0 Å². The molecule has 2 heterocycles. The lowest BCUT2D eigenvalue weighted by Gasteiger charge is -2.46. The van der Waals surface area contributed by atoms with Crippen molar-refractivity contribution in [2.45, 2.75) is 274 Å². The molecule has 2 aliphatic heterocycles. The van der Waals surface area contributed by atoms with Crippen LogP contribution in [0.15, 0.2) is 60.8 Å². The minimum Gasteiger partial charge on any atom is -0.394 e. The van der Waals surface area contributed by atoms with E-state index in [4.69, 9.17) is 18.9 Å². The van der Waals surface area contributed by atoms with Crippen molar-refractivity contribution in [1.82, 2.24) is 5.32 Å². The summed E-state index contributed by atoms with van der Waals surface area (Å²) in [5, 5.41) is 87.1. The third-order valence-corrected chi connectivity index (χ3v) is 13.5. The zero-order valence-electron chi connectivity index (χ0n) is 43.9. The summed E-state index contributed by atoms with van der Waals surface area (Å²) >= 11 is 0. The number of carbonyl (C=O) groups excluding carboxylic acids is 1. The fourth-order valence-electron chi connectivity index (χ4n) is 8.97. The van der Waals surface area contributed by atoms with Gasteiger partial charge in [-0.1, -0.05) is 197 Å². The van der Waals surface area contributed by atoms with Crippen LogP contribution in [0.5, 0.6) is 0 Å². The number of allylic oxidation sites excluding steroid dienone is 10. The van der Waals surface area contributed by atoms with E-state index < -0.39 is 86.8 Å². The number of unbranched alkanes of at least 4 members (excludes halogenated alkanes) is 20. The number of aliphatic hydroxyl groups excluding tert-OH is 8. The molecular formula is C57H101NO13. The quantitative estimate of drug-likeness (QED) is 0.0206. The van der Waals surface area contributed by atoms with Crippen LogP contribution in [0.25, 0.3) is 0 Å². The summed E-state index contributed by atoms with van der Waals surface area (Å²) in [6.07, 6.45) is 36.4. The predicted molar refractivity (Wildman–Crippen MR) is 281 cm³/mol. The second-order valence-electron chi connectivity index (χ2n) is 19.7. The Balaban J connectivity index is 1.80. The lowest BCUT2D eigenvalue weighted by Crippen LogP contribution is -2.65. The van der Waals surface area contributed by atoms with E-state index in [2.05, 4.69) is 79.9 Å². The fourth-order valence-corrected chi connectivity index (χ4v) is 8.97. The highest BCUT2D eigenvalue weighted by molar-refractivity contribution is 5.76. The number of aliphatic hydroxyl groups is 8. The summed E-state index contributed by atoms with van der Waals surface area (Å²) in [5.41, 5.74) is 0. The standard InChI is InChI=1S/C57H101NO13/c1-3-5-7-9-11-13-15-17-19-21-22-23-24-25-27-29-31-33-35-37-39-41-49(62)58-45(46(61)40-38-36-34-32-30-28-26-20-18-16-14-12-10-8-6-4-2)44-68-56-54(67)52(65)55(48(43-60)70-56)71-57-53(66)51(64)50(63)47(42-59)69-57/h5,7,11,13,17,19,22-23,25,27,45-48,50-57,59-61,63-67H,3-4,6,8-10,12,14-16,18,20-21,24,26,28-44H2,1-2H3,(H,58,62)/b7-5-,13-11-,19-17-,23-22-,27-25-. The van der Waals surface area contributed by atoms with Gasteiger partial charge in [-0.2, -0.15) is 0 Å². The molecule has 71 heavy (non-hydrogen) atoms. The lowest BCUT2D eigenvalue weighted by molar-refractivity contribution is -0.359. The van der Waals surface area contributed by atoms with Gasteiger partial charge >= 0.3 is 0 Å². The summed E-state index contributed by atoms with van der Waals surface area (Å²) in [7, 11) is 0. The largest absolute Gasteiger partial charge is 0.394 e. The van der Waals surface area contributed by atoms with Crippen LogP contribution in [0, 0.1) is 0 Å².